The highest BCUT2D eigenvalue weighted by atomic mass is 14.9. The highest BCUT2D eigenvalue weighted by Gasteiger charge is 2.41. The third-order valence-electron chi connectivity index (χ3n) is 4.35. The predicted octanol–water partition coefficient (Wildman–Crippen LogP) is 3.45. The number of nitrogens with one attached hydrogen (secondary N) is 1. The monoisotopic (exact) mass is 209 g/mol. The topological polar surface area (TPSA) is 12.0 Å². The molecule has 0 aromatic carbocycles. The molecule has 1 saturated heterocycles. The summed E-state index contributed by atoms with van der Waals surface area (Å²) in [4.78, 5) is 0. The molecule has 1 heterocycles. The third-order valence-corrected chi connectivity index (χ3v) is 4.35. The largest absolute Gasteiger partial charge is 0.316 e. The number of hydrogen-bond donors (Lipinski definition) is 1. The number of rotatable bonds is 1. The fraction of sp³-hybridized carbons (Fsp3) is 1.00. The molecule has 1 saturated carbocycles. The van der Waals surface area contributed by atoms with Crippen LogP contribution in [0.15, 0.2) is 0 Å². The van der Waals surface area contributed by atoms with E-state index in [2.05, 4.69) is 33.0 Å². The molecule has 0 aromatic heterocycles. The van der Waals surface area contributed by atoms with Crippen molar-refractivity contribution in [2.75, 3.05) is 13.1 Å². The van der Waals surface area contributed by atoms with Gasteiger partial charge in [-0.2, -0.15) is 0 Å². The van der Waals surface area contributed by atoms with Crippen molar-refractivity contribution in [2.24, 2.45) is 22.7 Å². The summed E-state index contributed by atoms with van der Waals surface area (Å²) >= 11 is 0. The summed E-state index contributed by atoms with van der Waals surface area (Å²) in [5.74, 6) is 1.93. The van der Waals surface area contributed by atoms with Crippen molar-refractivity contribution in [3.63, 3.8) is 0 Å². The molecule has 2 fully saturated rings. The van der Waals surface area contributed by atoms with E-state index < -0.39 is 0 Å². The lowest BCUT2D eigenvalue weighted by atomic mass is 9.59. The van der Waals surface area contributed by atoms with Crippen LogP contribution in [0.25, 0.3) is 0 Å². The maximum absolute atomic E-state index is 3.52. The van der Waals surface area contributed by atoms with E-state index in [0.717, 1.165) is 11.8 Å². The Kier molecular flexibility index (Phi) is 2.87. The lowest BCUT2D eigenvalue weighted by Crippen LogP contribution is -2.37. The van der Waals surface area contributed by atoms with Gasteiger partial charge in [0, 0.05) is 0 Å². The van der Waals surface area contributed by atoms with Gasteiger partial charge in [-0.25, -0.2) is 0 Å². The number of hydrogen-bond acceptors (Lipinski definition) is 1. The second kappa shape index (κ2) is 3.76. The Morgan fingerprint density at radius 1 is 0.933 bits per heavy atom. The first kappa shape index (κ1) is 11.4. The van der Waals surface area contributed by atoms with Gasteiger partial charge in [-0.05, 0) is 61.4 Å². The molecule has 1 heteroatoms. The van der Waals surface area contributed by atoms with Gasteiger partial charge in [0.1, 0.15) is 0 Å². The Hall–Kier alpha value is -0.0400. The van der Waals surface area contributed by atoms with Crippen LogP contribution >= 0.6 is 0 Å². The molecule has 1 unspecified atom stereocenters. The zero-order chi connectivity index (χ0) is 11.1. The van der Waals surface area contributed by atoms with Gasteiger partial charge < -0.3 is 5.32 Å². The molecular formula is C14H27N. The second-order valence-corrected chi connectivity index (χ2v) is 7.43. The van der Waals surface area contributed by atoms with E-state index >= 15 is 0 Å². The molecule has 0 amide bonds. The molecule has 0 spiro atoms. The maximum atomic E-state index is 3.52. The van der Waals surface area contributed by atoms with Crippen LogP contribution in [-0.4, -0.2) is 13.1 Å². The molecule has 0 radical (unpaired) electrons. The summed E-state index contributed by atoms with van der Waals surface area (Å²) in [5, 5.41) is 3.52. The highest BCUT2D eigenvalue weighted by molar-refractivity contribution is 4.93. The molecule has 2 rings (SSSR count). The first-order chi connectivity index (χ1) is 6.88. The van der Waals surface area contributed by atoms with E-state index in [1.165, 1.54) is 38.8 Å². The van der Waals surface area contributed by atoms with E-state index in [0.29, 0.717) is 10.8 Å². The minimum Gasteiger partial charge on any atom is -0.316 e. The fourth-order valence-corrected chi connectivity index (χ4v) is 4.34. The predicted molar refractivity (Wildman–Crippen MR) is 65.9 cm³/mol. The molecule has 88 valence electrons. The molecule has 1 nitrogen and oxygen atoms in total. The SMILES string of the molecule is CC1(C)CC(C2CCNC2)CC(C)(C)C1. The maximum Gasteiger partial charge on any atom is -0.00174 e. The first-order valence-corrected chi connectivity index (χ1v) is 6.59. The third kappa shape index (κ3) is 2.75. The van der Waals surface area contributed by atoms with Crippen molar-refractivity contribution in [2.45, 2.75) is 53.4 Å². The zero-order valence-corrected chi connectivity index (χ0v) is 10.9. The lowest BCUT2D eigenvalue weighted by Gasteiger charge is -2.46. The highest BCUT2D eigenvalue weighted by Crippen LogP contribution is 2.50. The molecular weight excluding hydrogens is 182 g/mol. The van der Waals surface area contributed by atoms with Crippen molar-refractivity contribution in [3.8, 4) is 0 Å². The van der Waals surface area contributed by atoms with Gasteiger partial charge in [0.05, 0.1) is 0 Å². The van der Waals surface area contributed by atoms with Crippen LogP contribution in [0, 0.1) is 22.7 Å². The Morgan fingerprint density at radius 2 is 1.53 bits per heavy atom. The Morgan fingerprint density at radius 3 is 2.00 bits per heavy atom. The van der Waals surface area contributed by atoms with E-state index in [9.17, 15) is 0 Å². The van der Waals surface area contributed by atoms with Gasteiger partial charge >= 0.3 is 0 Å². The normalized spacial score (nSPS) is 35.6. The molecule has 2 aliphatic rings. The van der Waals surface area contributed by atoms with E-state index in [-0.39, 0.29) is 0 Å². The van der Waals surface area contributed by atoms with Crippen molar-refractivity contribution < 1.29 is 0 Å². The average molecular weight is 209 g/mol. The van der Waals surface area contributed by atoms with Gasteiger partial charge in [-0.1, -0.05) is 27.7 Å². The standard InChI is InChI=1S/C14H27N/c1-13(2)7-12(8-14(3,4)10-13)11-5-6-15-9-11/h11-12,15H,5-10H2,1-4H3. The lowest BCUT2D eigenvalue weighted by molar-refractivity contribution is 0.0437. The van der Waals surface area contributed by atoms with Crippen molar-refractivity contribution in [1.29, 1.82) is 0 Å². The van der Waals surface area contributed by atoms with Crippen LogP contribution in [0.3, 0.4) is 0 Å². The molecule has 1 aliphatic heterocycles. The minimum absolute atomic E-state index is 0.564. The van der Waals surface area contributed by atoms with Crippen molar-refractivity contribution >= 4 is 0 Å². The van der Waals surface area contributed by atoms with E-state index in [1.54, 1.807) is 0 Å². The fourth-order valence-electron chi connectivity index (χ4n) is 4.34. The van der Waals surface area contributed by atoms with Crippen molar-refractivity contribution in [1.82, 2.24) is 5.32 Å². The van der Waals surface area contributed by atoms with Crippen LogP contribution < -0.4 is 5.32 Å². The van der Waals surface area contributed by atoms with Gasteiger partial charge in [-0.3, -0.25) is 0 Å². The van der Waals surface area contributed by atoms with Crippen LogP contribution in [0.5, 0.6) is 0 Å². The first-order valence-electron chi connectivity index (χ1n) is 6.59. The van der Waals surface area contributed by atoms with Crippen LogP contribution in [-0.2, 0) is 0 Å². The van der Waals surface area contributed by atoms with Gasteiger partial charge in [-0.15, -0.1) is 0 Å². The molecule has 1 aliphatic carbocycles. The zero-order valence-electron chi connectivity index (χ0n) is 10.9. The quantitative estimate of drug-likeness (QED) is 0.697. The molecule has 0 aromatic rings. The summed E-state index contributed by atoms with van der Waals surface area (Å²) in [7, 11) is 0. The Labute approximate surface area is 95.0 Å². The average Bonchev–Trinajstić information content (AvgIpc) is 2.48. The smallest absolute Gasteiger partial charge is 0.00174 e. The molecule has 0 bridgehead atoms. The van der Waals surface area contributed by atoms with Gasteiger partial charge in [0.15, 0.2) is 0 Å². The van der Waals surface area contributed by atoms with Crippen LogP contribution in [0.2, 0.25) is 0 Å². The van der Waals surface area contributed by atoms with Crippen LogP contribution in [0.4, 0.5) is 0 Å². The Balaban J connectivity index is 2.05. The summed E-state index contributed by atoms with van der Waals surface area (Å²) in [6.45, 7) is 12.4. The summed E-state index contributed by atoms with van der Waals surface area (Å²) in [6, 6.07) is 0. The minimum atomic E-state index is 0.564. The molecule has 1 N–H and O–H groups in total. The molecule has 1 atom stereocenters. The second-order valence-electron chi connectivity index (χ2n) is 7.43. The van der Waals surface area contributed by atoms with Crippen molar-refractivity contribution in [3.05, 3.63) is 0 Å². The van der Waals surface area contributed by atoms with Crippen LogP contribution in [0.1, 0.15) is 53.4 Å². The van der Waals surface area contributed by atoms with Gasteiger partial charge in [0.2, 0.25) is 0 Å². The Bertz CT molecular complexity index is 207. The van der Waals surface area contributed by atoms with Gasteiger partial charge in [0.25, 0.3) is 0 Å². The molecule has 15 heavy (non-hydrogen) atoms. The summed E-state index contributed by atoms with van der Waals surface area (Å²) < 4.78 is 0. The van der Waals surface area contributed by atoms with E-state index in [4.69, 9.17) is 0 Å². The summed E-state index contributed by atoms with van der Waals surface area (Å²) in [5.41, 5.74) is 1.13. The summed E-state index contributed by atoms with van der Waals surface area (Å²) in [6.07, 6.45) is 5.71. The van der Waals surface area contributed by atoms with E-state index in [1.807, 2.05) is 0 Å².